The zero-order chi connectivity index (χ0) is 13.3. The molecule has 0 radical (unpaired) electrons. The van der Waals surface area contributed by atoms with Crippen molar-refractivity contribution < 1.29 is 17.5 Å². The van der Waals surface area contributed by atoms with E-state index < -0.39 is 21.1 Å². The maximum absolute atomic E-state index is 13.1. The molecule has 98 valence electrons. The highest BCUT2D eigenvalue weighted by Crippen LogP contribution is 2.31. The Morgan fingerprint density at radius 3 is 2.83 bits per heavy atom. The van der Waals surface area contributed by atoms with Gasteiger partial charge in [0.15, 0.2) is 0 Å². The predicted octanol–water partition coefficient (Wildman–Crippen LogP) is 1.72. The van der Waals surface area contributed by atoms with E-state index in [4.69, 9.17) is 22.1 Å². The number of halogens is 2. The number of benzene rings is 1. The quantitative estimate of drug-likeness (QED) is 0.831. The van der Waals surface area contributed by atoms with Crippen LogP contribution in [0.3, 0.4) is 0 Å². The third-order valence-corrected chi connectivity index (χ3v) is 4.43. The normalized spacial score (nSPS) is 18.7. The molecule has 0 spiro atoms. The van der Waals surface area contributed by atoms with Crippen molar-refractivity contribution in [3.8, 4) is 0 Å². The van der Waals surface area contributed by atoms with E-state index in [0.717, 1.165) is 6.07 Å². The average Bonchev–Trinajstić information content (AvgIpc) is 2.84. The molecule has 8 heteroatoms. The molecule has 1 aliphatic rings. The van der Waals surface area contributed by atoms with E-state index in [1.54, 1.807) is 0 Å². The molecule has 1 aliphatic heterocycles. The summed E-state index contributed by atoms with van der Waals surface area (Å²) in [6.45, 7) is 0.0314. The third-order valence-electron chi connectivity index (χ3n) is 2.43. The summed E-state index contributed by atoms with van der Waals surface area (Å²) in [7, 11) is -3.69. The van der Waals surface area contributed by atoms with Gasteiger partial charge in [0.05, 0.1) is 22.7 Å². The fourth-order valence-corrected chi connectivity index (χ4v) is 2.83. The van der Waals surface area contributed by atoms with Gasteiger partial charge in [-0.25, -0.2) is 12.8 Å². The number of nitrogens with two attached hydrogens (primary N) is 1. The van der Waals surface area contributed by atoms with Gasteiger partial charge >= 0.3 is 0 Å². The van der Waals surface area contributed by atoms with Crippen LogP contribution in [0.2, 0.25) is 5.02 Å². The van der Waals surface area contributed by atoms with E-state index >= 15 is 0 Å². The number of hydrogen-bond donors (Lipinski definition) is 2. The largest absolute Gasteiger partial charge is 0.500 e. The number of nitrogens with one attached hydrogen (secondary N) is 1. The number of sulfonamides is 1. The fraction of sp³-hybridized carbons (Fsp3) is 0.200. The summed E-state index contributed by atoms with van der Waals surface area (Å²) >= 11 is 5.77. The van der Waals surface area contributed by atoms with Crippen molar-refractivity contribution in [2.75, 3.05) is 17.1 Å². The standard InChI is InChI=1S/C10H10ClFN2O3S/c11-9-8(2-1-7(12)10(9)13)14-18(15,16)6-3-4-17-5-6/h1-4,6,14H,5,13H2. The Bertz CT molecular complexity index is 603. The molecular formula is C10H10ClFN2O3S. The lowest BCUT2D eigenvalue weighted by molar-refractivity contribution is 0.282. The van der Waals surface area contributed by atoms with Crippen molar-refractivity contribution >= 4 is 33.0 Å². The molecule has 1 heterocycles. The van der Waals surface area contributed by atoms with Gasteiger partial charge in [-0.05, 0) is 18.2 Å². The zero-order valence-electron chi connectivity index (χ0n) is 9.06. The summed E-state index contributed by atoms with van der Waals surface area (Å²) in [5.74, 6) is -0.702. The lowest BCUT2D eigenvalue weighted by Crippen LogP contribution is -2.27. The number of anilines is 2. The van der Waals surface area contributed by atoms with Crippen molar-refractivity contribution in [1.29, 1.82) is 0 Å². The maximum atomic E-state index is 13.1. The molecule has 0 fully saturated rings. The molecule has 1 aromatic rings. The second-order valence-corrected chi connectivity index (χ2v) is 5.95. The minimum Gasteiger partial charge on any atom is -0.500 e. The smallest absolute Gasteiger partial charge is 0.242 e. The molecule has 0 aliphatic carbocycles. The summed E-state index contributed by atoms with van der Waals surface area (Å²) in [4.78, 5) is 0. The summed E-state index contributed by atoms with van der Waals surface area (Å²) in [5.41, 5.74) is 5.12. The number of hydrogen-bond acceptors (Lipinski definition) is 4. The van der Waals surface area contributed by atoms with E-state index in [9.17, 15) is 12.8 Å². The van der Waals surface area contributed by atoms with Gasteiger partial charge in [0, 0.05) is 0 Å². The van der Waals surface area contributed by atoms with Gasteiger partial charge in [0.1, 0.15) is 17.7 Å². The lowest BCUT2D eigenvalue weighted by Gasteiger charge is -2.13. The van der Waals surface area contributed by atoms with Gasteiger partial charge in [0.25, 0.3) is 0 Å². The van der Waals surface area contributed by atoms with E-state index in [0.29, 0.717) is 0 Å². The number of ether oxygens (including phenoxy) is 1. The van der Waals surface area contributed by atoms with Gasteiger partial charge in [-0.15, -0.1) is 0 Å². The third kappa shape index (κ3) is 2.37. The van der Waals surface area contributed by atoms with Crippen molar-refractivity contribution in [1.82, 2.24) is 0 Å². The molecule has 0 bridgehead atoms. The van der Waals surface area contributed by atoms with Crippen LogP contribution in [0.4, 0.5) is 15.8 Å². The monoisotopic (exact) mass is 292 g/mol. The predicted molar refractivity (Wildman–Crippen MR) is 67.2 cm³/mol. The molecule has 0 saturated carbocycles. The lowest BCUT2D eigenvalue weighted by atomic mass is 10.3. The van der Waals surface area contributed by atoms with Gasteiger partial charge < -0.3 is 10.5 Å². The molecule has 3 N–H and O–H groups in total. The Labute approximate surface area is 108 Å². The second kappa shape index (κ2) is 4.66. The van der Waals surface area contributed by atoms with Gasteiger partial charge in [-0.3, -0.25) is 4.72 Å². The number of rotatable bonds is 3. The van der Waals surface area contributed by atoms with Crippen LogP contribution in [-0.2, 0) is 14.8 Å². The second-order valence-electron chi connectivity index (χ2n) is 3.67. The van der Waals surface area contributed by atoms with Crippen molar-refractivity contribution in [2.45, 2.75) is 5.25 Å². The summed E-state index contributed by atoms with van der Waals surface area (Å²) in [6, 6.07) is 2.26. The highest BCUT2D eigenvalue weighted by molar-refractivity contribution is 7.93. The van der Waals surface area contributed by atoms with Crippen LogP contribution in [0.25, 0.3) is 0 Å². The zero-order valence-corrected chi connectivity index (χ0v) is 10.6. The molecular weight excluding hydrogens is 283 g/mol. The van der Waals surface area contributed by atoms with Crippen LogP contribution < -0.4 is 10.5 Å². The Kier molecular flexibility index (Phi) is 3.36. The SMILES string of the molecule is Nc1c(F)ccc(NS(=O)(=O)C2C=COC2)c1Cl. The van der Waals surface area contributed by atoms with E-state index in [1.807, 2.05) is 0 Å². The summed E-state index contributed by atoms with van der Waals surface area (Å²) in [5, 5.41) is -0.971. The Balaban J connectivity index is 2.29. The fourth-order valence-electron chi connectivity index (χ4n) is 1.42. The van der Waals surface area contributed by atoms with Crippen LogP contribution in [-0.4, -0.2) is 20.3 Å². The Morgan fingerprint density at radius 2 is 2.22 bits per heavy atom. The van der Waals surface area contributed by atoms with Crippen LogP contribution in [0.1, 0.15) is 0 Å². The molecule has 0 aromatic heterocycles. The van der Waals surface area contributed by atoms with Crippen molar-refractivity contribution in [2.24, 2.45) is 0 Å². The Morgan fingerprint density at radius 1 is 1.50 bits per heavy atom. The van der Waals surface area contributed by atoms with Crippen LogP contribution in [0.5, 0.6) is 0 Å². The first-order valence-electron chi connectivity index (χ1n) is 4.95. The van der Waals surface area contributed by atoms with Gasteiger partial charge in [0.2, 0.25) is 10.0 Å². The van der Waals surface area contributed by atoms with Crippen LogP contribution >= 0.6 is 11.6 Å². The van der Waals surface area contributed by atoms with E-state index in [1.165, 1.54) is 18.4 Å². The minimum absolute atomic E-state index is 0.0314. The highest BCUT2D eigenvalue weighted by Gasteiger charge is 2.27. The topological polar surface area (TPSA) is 81.4 Å². The van der Waals surface area contributed by atoms with Gasteiger partial charge in [-0.1, -0.05) is 11.6 Å². The first-order chi connectivity index (χ1) is 8.42. The summed E-state index contributed by atoms with van der Waals surface area (Å²) in [6.07, 6.45) is 2.72. The first kappa shape index (κ1) is 13.0. The van der Waals surface area contributed by atoms with Gasteiger partial charge in [-0.2, -0.15) is 0 Å². The molecule has 2 rings (SSSR count). The Hall–Kier alpha value is -1.47. The molecule has 0 amide bonds. The molecule has 1 atom stereocenters. The summed E-state index contributed by atoms with van der Waals surface area (Å²) < 4.78 is 44.0. The first-order valence-corrected chi connectivity index (χ1v) is 6.87. The van der Waals surface area contributed by atoms with E-state index in [2.05, 4.69) is 4.72 Å². The average molecular weight is 293 g/mol. The molecule has 1 aromatic carbocycles. The molecule has 1 unspecified atom stereocenters. The van der Waals surface area contributed by atoms with Crippen LogP contribution in [0, 0.1) is 5.82 Å². The molecule has 0 saturated heterocycles. The molecule has 5 nitrogen and oxygen atoms in total. The van der Waals surface area contributed by atoms with Crippen molar-refractivity contribution in [3.05, 3.63) is 35.3 Å². The maximum Gasteiger partial charge on any atom is 0.242 e. The number of nitrogen functional groups attached to an aromatic ring is 1. The van der Waals surface area contributed by atoms with E-state index in [-0.39, 0.29) is 23.0 Å². The highest BCUT2D eigenvalue weighted by atomic mass is 35.5. The van der Waals surface area contributed by atoms with Crippen LogP contribution in [0.15, 0.2) is 24.5 Å². The van der Waals surface area contributed by atoms with Crippen molar-refractivity contribution in [3.63, 3.8) is 0 Å². The minimum atomic E-state index is -3.69. The molecule has 18 heavy (non-hydrogen) atoms.